The summed E-state index contributed by atoms with van der Waals surface area (Å²) in [6, 6.07) is 10.7. The van der Waals surface area contributed by atoms with Gasteiger partial charge < -0.3 is 4.74 Å². The quantitative estimate of drug-likeness (QED) is 0.479. The van der Waals surface area contributed by atoms with Crippen molar-refractivity contribution in [3.63, 3.8) is 0 Å². The van der Waals surface area contributed by atoms with E-state index in [-0.39, 0.29) is 16.0 Å². The molecule has 0 aliphatic carbocycles. The molecule has 2 aromatic carbocycles. The molecule has 0 saturated carbocycles. The lowest BCUT2D eigenvalue weighted by molar-refractivity contribution is 0.397. The van der Waals surface area contributed by atoms with E-state index in [1.807, 2.05) is 24.3 Å². The Balaban J connectivity index is 2.11. The van der Waals surface area contributed by atoms with Crippen LogP contribution in [0.25, 0.3) is 23.3 Å². The molecule has 0 bridgehead atoms. The summed E-state index contributed by atoms with van der Waals surface area (Å²) in [4.78, 5) is 12.5. The first-order valence-electron chi connectivity index (χ1n) is 10.1. The van der Waals surface area contributed by atoms with Crippen molar-refractivity contribution < 1.29 is 13.2 Å². The minimum absolute atomic E-state index is 0.257. The largest absolute Gasteiger partial charge is 0.496 e. The molecule has 174 valence electrons. The highest BCUT2D eigenvalue weighted by molar-refractivity contribution is 7.92. The number of benzene rings is 2. The number of aromatic amines is 1. The topological polar surface area (TPSA) is 101 Å². The Bertz CT molecular complexity index is 1360. The summed E-state index contributed by atoms with van der Waals surface area (Å²) in [6.45, 7) is 6.19. The second-order valence-corrected chi connectivity index (χ2v) is 10.8. The highest BCUT2D eigenvalue weighted by Gasteiger charge is 2.23. The second-order valence-electron chi connectivity index (χ2n) is 8.65. The van der Waals surface area contributed by atoms with Crippen LogP contribution in [-0.4, -0.2) is 32.0 Å². The van der Waals surface area contributed by atoms with E-state index in [0.29, 0.717) is 22.6 Å². The fourth-order valence-corrected chi connectivity index (χ4v) is 4.22. The summed E-state index contributed by atoms with van der Waals surface area (Å²) in [5.41, 5.74) is 3.38. The van der Waals surface area contributed by atoms with Crippen LogP contribution in [0.5, 0.6) is 5.75 Å². The molecule has 0 unspecified atom stereocenters. The van der Waals surface area contributed by atoms with Crippen LogP contribution in [0.4, 0.5) is 5.69 Å². The number of halogens is 1. The normalized spacial score (nSPS) is 12.2. The van der Waals surface area contributed by atoms with E-state index in [1.165, 1.54) is 6.20 Å². The minimum Gasteiger partial charge on any atom is -0.496 e. The van der Waals surface area contributed by atoms with Crippen LogP contribution in [-0.2, 0) is 15.4 Å². The Labute approximate surface area is 198 Å². The molecule has 3 rings (SSSR count). The molecule has 2 N–H and O–H groups in total. The number of rotatable bonds is 6. The number of nitrogens with one attached hydrogen (secondary N) is 2. The van der Waals surface area contributed by atoms with E-state index in [4.69, 9.17) is 16.3 Å². The summed E-state index contributed by atoms with van der Waals surface area (Å²) in [7, 11) is -1.73. The van der Waals surface area contributed by atoms with Gasteiger partial charge in [0.1, 0.15) is 5.75 Å². The zero-order chi connectivity index (χ0) is 24.4. The first-order chi connectivity index (χ1) is 15.4. The summed E-state index contributed by atoms with van der Waals surface area (Å²) < 4.78 is 31.0. The van der Waals surface area contributed by atoms with Gasteiger partial charge in [-0.3, -0.25) is 9.52 Å². The van der Waals surface area contributed by atoms with Gasteiger partial charge in [-0.15, -0.1) is 0 Å². The van der Waals surface area contributed by atoms with E-state index in [9.17, 15) is 13.2 Å². The van der Waals surface area contributed by atoms with Gasteiger partial charge in [0, 0.05) is 16.8 Å². The van der Waals surface area contributed by atoms with Crippen molar-refractivity contribution in [3.05, 3.63) is 74.7 Å². The molecule has 33 heavy (non-hydrogen) atoms. The van der Waals surface area contributed by atoms with Gasteiger partial charge in [0.2, 0.25) is 10.0 Å². The molecule has 0 aliphatic rings. The Morgan fingerprint density at radius 3 is 2.33 bits per heavy atom. The molecule has 7 nitrogen and oxygen atoms in total. The molecule has 0 atom stereocenters. The summed E-state index contributed by atoms with van der Waals surface area (Å²) >= 11 is 6.31. The lowest BCUT2D eigenvalue weighted by Gasteiger charge is -2.24. The van der Waals surface area contributed by atoms with Crippen LogP contribution in [0.1, 0.15) is 37.5 Å². The van der Waals surface area contributed by atoms with Crippen molar-refractivity contribution in [1.82, 2.24) is 10.2 Å². The molecule has 0 fully saturated rings. The molecular formula is C24H26ClN3O4S. The van der Waals surface area contributed by atoms with Crippen LogP contribution in [0.2, 0.25) is 5.02 Å². The van der Waals surface area contributed by atoms with Crippen LogP contribution in [0.15, 0.2) is 47.4 Å². The first-order valence-corrected chi connectivity index (χ1v) is 12.4. The van der Waals surface area contributed by atoms with Crippen molar-refractivity contribution in [2.24, 2.45) is 0 Å². The number of aromatic nitrogens is 2. The SMILES string of the molecule is COc1c(/C=C/c2ccc(NS(C)(=O)=O)cc2)cc(-c2c(Cl)cn[nH]c2=O)cc1C(C)(C)C. The molecule has 0 saturated heterocycles. The standard InChI is InChI=1S/C24H26ClN3O4S/c1-24(2,3)19-13-17(21-20(25)14-26-27-23(21)29)12-16(22(19)32-4)9-6-15-7-10-18(11-8-15)28-33(5,30)31/h6-14,28H,1-5H3,(H,27,29)/b9-6+. The smallest absolute Gasteiger partial charge is 0.273 e. The van der Waals surface area contributed by atoms with E-state index < -0.39 is 10.0 Å². The number of H-pyrrole nitrogens is 1. The van der Waals surface area contributed by atoms with Crippen LogP contribution in [0.3, 0.4) is 0 Å². The Hall–Kier alpha value is -3.10. The average Bonchev–Trinajstić information content (AvgIpc) is 2.71. The third-order valence-electron chi connectivity index (χ3n) is 4.90. The number of nitrogens with zero attached hydrogens (tertiary/aromatic N) is 1. The lowest BCUT2D eigenvalue weighted by atomic mass is 9.83. The summed E-state index contributed by atoms with van der Waals surface area (Å²) in [5.74, 6) is 0.694. The monoisotopic (exact) mass is 487 g/mol. The van der Waals surface area contributed by atoms with Gasteiger partial charge in [-0.2, -0.15) is 5.10 Å². The number of ether oxygens (including phenoxy) is 1. The molecule has 9 heteroatoms. The fraction of sp³-hybridized carbons (Fsp3) is 0.250. The van der Waals surface area contributed by atoms with Gasteiger partial charge in [-0.25, -0.2) is 13.5 Å². The van der Waals surface area contributed by atoms with Crippen molar-refractivity contribution in [2.75, 3.05) is 18.1 Å². The highest BCUT2D eigenvalue weighted by atomic mass is 35.5. The number of hydrogen-bond donors (Lipinski definition) is 2. The third-order valence-corrected chi connectivity index (χ3v) is 5.79. The van der Waals surface area contributed by atoms with Crippen LogP contribution in [0, 0.1) is 0 Å². The van der Waals surface area contributed by atoms with Crippen molar-refractivity contribution in [2.45, 2.75) is 26.2 Å². The number of anilines is 1. The molecular weight excluding hydrogens is 462 g/mol. The molecule has 3 aromatic rings. The summed E-state index contributed by atoms with van der Waals surface area (Å²) in [6.07, 6.45) is 6.28. The molecule has 1 heterocycles. The van der Waals surface area contributed by atoms with Crippen molar-refractivity contribution >= 4 is 39.5 Å². The van der Waals surface area contributed by atoms with Gasteiger partial charge >= 0.3 is 0 Å². The van der Waals surface area contributed by atoms with E-state index in [1.54, 1.807) is 31.4 Å². The molecule has 0 aliphatic heterocycles. The van der Waals surface area contributed by atoms with Gasteiger partial charge in [-0.1, -0.05) is 56.7 Å². The number of sulfonamides is 1. The maximum Gasteiger partial charge on any atom is 0.273 e. The highest BCUT2D eigenvalue weighted by Crippen LogP contribution is 2.39. The minimum atomic E-state index is -3.34. The van der Waals surface area contributed by atoms with Gasteiger partial charge in [0.25, 0.3) is 5.56 Å². The Kier molecular flexibility index (Phi) is 7.00. The molecule has 0 amide bonds. The second kappa shape index (κ2) is 9.41. The van der Waals surface area contributed by atoms with Gasteiger partial charge in [0.15, 0.2) is 0 Å². The maximum atomic E-state index is 12.5. The lowest BCUT2D eigenvalue weighted by Crippen LogP contribution is -2.15. The van der Waals surface area contributed by atoms with E-state index in [0.717, 1.165) is 22.9 Å². The van der Waals surface area contributed by atoms with Crippen LogP contribution < -0.4 is 15.0 Å². The van der Waals surface area contributed by atoms with Crippen molar-refractivity contribution in [3.8, 4) is 16.9 Å². The zero-order valence-electron chi connectivity index (χ0n) is 19.1. The van der Waals surface area contributed by atoms with Gasteiger partial charge in [-0.05, 0) is 40.8 Å². The predicted octanol–water partition coefficient (Wildman–Crippen LogP) is 4.94. The number of methoxy groups -OCH3 is 1. The summed E-state index contributed by atoms with van der Waals surface area (Å²) in [5, 5.41) is 6.45. The van der Waals surface area contributed by atoms with E-state index >= 15 is 0 Å². The predicted molar refractivity (Wildman–Crippen MR) is 134 cm³/mol. The molecule has 0 spiro atoms. The van der Waals surface area contributed by atoms with Gasteiger partial charge in [0.05, 0.1) is 30.1 Å². The third kappa shape index (κ3) is 6.03. The Morgan fingerprint density at radius 1 is 1.12 bits per heavy atom. The number of hydrogen-bond acceptors (Lipinski definition) is 5. The van der Waals surface area contributed by atoms with E-state index in [2.05, 4.69) is 35.7 Å². The fourth-order valence-electron chi connectivity index (χ4n) is 3.41. The zero-order valence-corrected chi connectivity index (χ0v) is 20.6. The molecule has 1 aromatic heterocycles. The maximum absolute atomic E-state index is 12.5. The average molecular weight is 488 g/mol. The van der Waals surface area contributed by atoms with Crippen molar-refractivity contribution in [1.29, 1.82) is 0 Å². The molecule has 0 radical (unpaired) electrons. The first kappa shape index (κ1) is 24.5. The van der Waals surface area contributed by atoms with Crippen LogP contribution >= 0.6 is 11.6 Å². The Morgan fingerprint density at radius 2 is 1.79 bits per heavy atom.